The average molecular weight is 274 g/mol. The van der Waals surface area contributed by atoms with Gasteiger partial charge in [-0.25, -0.2) is 4.39 Å². The van der Waals surface area contributed by atoms with Crippen molar-refractivity contribution in [1.29, 1.82) is 0 Å². The van der Waals surface area contributed by atoms with Crippen LogP contribution in [-0.2, 0) is 11.3 Å². The highest BCUT2D eigenvalue weighted by Gasteiger charge is 2.25. The molecule has 0 saturated carbocycles. The van der Waals surface area contributed by atoms with E-state index in [9.17, 15) is 9.50 Å². The summed E-state index contributed by atoms with van der Waals surface area (Å²) in [5, 5.41) is 18.6. The van der Waals surface area contributed by atoms with Crippen LogP contribution in [0.1, 0.15) is 34.5 Å². The highest BCUT2D eigenvalue weighted by molar-refractivity contribution is 5.41. The van der Waals surface area contributed by atoms with E-state index in [1.165, 1.54) is 12.1 Å². The molecule has 20 heavy (non-hydrogen) atoms. The van der Waals surface area contributed by atoms with Crippen molar-refractivity contribution >= 4 is 0 Å². The first-order valence-electron chi connectivity index (χ1n) is 6.48. The van der Waals surface area contributed by atoms with Gasteiger partial charge < -0.3 is 14.9 Å². The number of hydrogen-bond acceptors (Lipinski definition) is 3. The Morgan fingerprint density at radius 1 is 1.20 bits per heavy atom. The van der Waals surface area contributed by atoms with Crippen LogP contribution in [0, 0.1) is 5.82 Å². The van der Waals surface area contributed by atoms with Crippen LogP contribution in [0.4, 0.5) is 4.39 Å². The molecule has 2 aromatic rings. The zero-order chi connectivity index (χ0) is 14.1. The van der Waals surface area contributed by atoms with E-state index in [1.54, 1.807) is 18.2 Å². The smallest absolute Gasteiger partial charge is 0.123 e. The summed E-state index contributed by atoms with van der Waals surface area (Å²) < 4.78 is 18.7. The maximum Gasteiger partial charge on any atom is 0.123 e. The zero-order valence-corrected chi connectivity index (χ0v) is 10.8. The van der Waals surface area contributed by atoms with Crippen molar-refractivity contribution in [2.75, 3.05) is 6.61 Å². The van der Waals surface area contributed by atoms with Crippen molar-refractivity contribution in [1.82, 2.24) is 0 Å². The van der Waals surface area contributed by atoms with Gasteiger partial charge in [0, 0.05) is 0 Å². The second kappa shape index (κ2) is 5.32. The molecule has 1 aliphatic rings. The van der Waals surface area contributed by atoms with Crippen molar-refractivity contribution in [3.63, 3.8) is 0 Å². The van der Waals surface area contributed by atoms with Crippen molar-refractivity contribution in [2.24, 2.45) is 0 Å². The number of halogens is 1. The lowest BCUT2D eigenvalue weighted by molar-refractivity contribution is 0.0927. The van der Waals surface area contributed by atoms with Crippen LogP contribution in [0.2, 0.25) is 0 Å². The van der Waals surface area contributed by atoms with Gasteiger partial charge in [-0.05, 0) is 34.4 Å². The maximum absolute atomic E-state index is 13.0. The predicted octanol–water partition coefficient (Wildman–Crippen LogP) is 2.47. The minimum absolute atomic E-state index is 0.203. The molecule has 4 heteroatoms. The Labute approximate surface area is 116 Å². The van der Waals surface area contributed by atoms with Gasteiger partial charge in [-0.15, -0.1) is 0 Å². The molecule has 0 spiro atoms. The van der Waals surface area contributed by atoms with Crippen LogP contribution in [0.25, 0.3) is 0 Å². The van der Waals surface area contributed by atoms with E-state index in [0.29, 0.717) is 12.2 Å². The normalized spacial score (nSPS) is 18.9. The third-order valence-electron chi connectivity index (χ3n) is 3.59. The first kappa shape index (κ1) is 13.2. The number of aliphatic hydroxyl groups is 2. The maximum atomic E-state index is 13.0. The van der Waals surface area contributed by atoms with E-state index in [-0.39, 0.29) is 18.5 Å². The number of ether oxygens (including phenoxy) is 1. The Hall–Kier alpha value is -1.75. The Balaban J connectivity index is 1.92. The topological polar surface area (TPSA) is 49.7 Å². The SMILES string of the molecule is OCC(O)c1ccc2c(c1)COC2c1ccc(F)cc1. The molecule has 2 atom stereocenters. The minimum Gasteiger partial charge on any atom is -0.393 e. The molecule has 0 saturated heterocycles. The molecule has 1 aliphatic heterocycles. The summed E-state index contributed by atoms with van der Waals surface area (Å²) >= 11 is 0. The molecule has 2 unspecified atom stereocenters. The fourth-order valence-electron chi connectivity index (χ4n) is 2.50. The van der Waals surface area contributed by atoms with Crippen LogP contribution < -0.4 is 0 Å². The van der Waals surface area contributed by atoms with Crippen molar-refractivity contribution in [3.8, 4) is 0 Å². The standard InChI is InChI=1S/C16H15FO3/c17-13-4-1-10(2-5-13)16-14-6-3-11(15(19)8-18)7-12(14)9-20-16/h1-7,15-16,18-19H,8-9H2. The first-order chi connectivity index (χ1) is 9.69. The summed E-state index contributed by atoms with van der Waals surface area (Å²) in [7, 11) is 0. The second-order valence-electron chi connectivity index (χ2n) is 4.90. The van der Waals surface area contributed by atoms with Crippen molar-refractivity contribution in [3.05, 3.63) is 70.5 Å². The molecule has 3 nitrogen and oxygen atoms in total. The fraction of sp³-hybridized carbons (Fsp3) is 0.250. The van der Waals surface area contributed by atoms with Gasteiger partial charge in [-0.2, -0.15) is 0 Å². The highest BCUT2D eigenvalue weighted by Crippen LogP contribution is 2.36. The van der Waals surface area contributed by atoms with E-state index < -0.39 is 6.10 Å². The Morgan fingerprint density at radius 2 is 1.95 bits per heavy atom. The second-order valence-corrected chi connectivity index (χ2v) is 4.90. The minimum atomic E-state index is -0.870. The lowest BCUT2D eigenvalue weighted by Gasteiger charge is -2.13. The van der Waals surface area contributed by atoms with Crippen LogP contribution in [0.15, 0.2) is 42.5 Å². The Morgan fingerprint density at radius 3 is 2.65 bits per heavy atom. The quantitative estimate of drug-likeness (QED) is 0.904. The van der Waals surface area contributed by atoms with Crippen molar-refractivity contribution < 1.29 is 19.3 Å². The molecule has 2 aromatic carbocycles. The average Bonchev–Trinajstić information content (AvgIpc) is 2.90. The summed E-state index contributed by atoms with van der Waals surface area (Å²) in [6, 6.07) is 11.8. The molecule has 3 rings (SSSR count). The zero-order valence-electron chi connectivity index (χ0n) is 10.8. The van der Waals surface area contributed by atoms with Gasteiger partial charge in [0.25, 0.3) is 0 Å². The molecule has 0 aliphatic carbocycles. The molecular formula is C16H15FO3. The van der Waals surface area contributed by atoms with Crippen LogP contribution >= 0.6 is 0 Å². The molecule has 0 aromatic heterocycles. The van der Waals surface area contributed by atoms with Crippen LogP contribution in [0.3, 0.4) is 0 Å². The lowest BCUT2D eigenvalue weighted by atomic mass is 9.96. The number of fused-ring (bicyclic) bond motifs is 1. The van der Waals surface area contributed by atoms with E-state index in [2.05, 4.69) is 0 Å². The highest BCUT2D eigenvalue weighted by atomic mass is 19.1. The number of rotatable bonds is 3. The van der Waals surface area contributed by atoms with Gasteiger partial charge in [0.05, 0.1) is 13.2 Å². The summed E-state index contributed by atoms with van der Waals surface area (Å²) in [6.07, 6.45) is -1.07. The molecule has 0 fully saturated rings. The fourth-order valence-corrected chi connectivity index (χ4v) is 2.50. The summed E-state index contributed by atoms with van der Waals surface area (Å²) in [5.41, 5.74) is 3.59. The predicted molar refractivity (Wildman–Crippen MR) is 71.5 cm³/mol. The van der Waals surface area contributed by atoms with E-state index in [4.69, 9.17) is 9.84 Å². The largest absolute Gasteiger partial charge is 0.393 e. The third kappa shape index (κ3) is 2.33. The van der Waals surface area contributed by atoms with Crippen molar-refractivity contribution in [2.45, 2.75) is 18.8 Å². The van der Waals surface area contributed by atoms with Gasteiger partial charge >= 0.3 is 0 Å². The number of hydrogen-bond donors (Lipinski definition) is 2. The molecule has 104 valence electrons. The van der Waals surface area contributed by atoms with E-state index in [0.717, 1.165) is 16.7 Å². The van der Waals surface area contributed by atoms with E-state index in [1.807, 2.05) is 12.1 Å². The molecule has 0 amide bonds. The molecule has 0 radical (unpaired) electrons. The number of benzene rings is 2. The summed E-state index contributed by atoms with van der Waals surface area (Å²) in [4.78, 5) is 0. The Kier molecular flexibility index (Phi) is 3.53. The lowest BCUT2D eigenvalue weighted by Crippen LogP contribution is -2.03. The van der Waals surface area contributed by atoms with Gasteiger partial charge in [-0.3, -0.25) is 0 Å². The molecule has 1 heterocycles. The van der Waals surface area contributed by atoms with Gasteiger partial charge in [0.2, 0.25) is 0 Å². The summed E-state index contributed by atoms with van der Waals surface area (Å²) in [6.45, 7) is 0.143. The van der Waals surface area contributed by atoms with Gasteiger partial charge in [0.15, 0.2) is 0 Å². The molecular weight excluding hydrogens is 259 g/mol. The van der Waals surface area contributed by atoms with Crippen LogP contribution in [0.5, 0.6) is 0 Å². The first-order valence-corrected chi connectivity index (χ1v) is 6.48. The monoisotopic (exact) mass is 274 g/mol. The molecule has 2 N–H and O–H groups in total. The molecule has 0 bridgehead atoms. The van der Waals surface area contributed by atoms with Crippen LogP contribution in [-0.4, -0.2) is 16.8 Å². The van der Waals surface area contributed by atoms with E-state index >= 15 is 0 Å². The van der Waals surface area contributed by atoms with Gasteiger partial charge in [0.1, 0.15) is 18.0 Å². The summed E-state index contributed by atoms with van der Waals surface area (Å²) in [5.74, 6) is -0.270. The Bertz CT molecular complexity index is 610. The number of aliphatic hydroxyl groups excluding tert-OH is 2. The third-order valence-corrected chi connectivity index (χ3v) is 3.59. The van der Waals surface area contributed by atoms with Gasteiger partial charge in [-0.1, -0.05) is 30.3 Å².